The van der Waals surface area contributed by atoms with Crippen molar-refractivity contribution in [2.45, 2.75) is 31.6 Å². The topological polar surface area (TPSA) is 95.9 Å². The molecule has 2 aromatic rings. The molecule has 0 aromatic heterocycles. The second kappa shape index (κ2) is 10.2. The minimum Gasteiger partial charge on any atom is -0.465 e. The standard InChI is InChI=1S/C21H24F2N2O5S/c22-17-6-7-19(23)16(12-17)13-30-18-8-10-25(11-9-18)31(28,29)14-20(24-21(26)27)15-4-2-1-3-5-15/h1-7,12,18,20,24H,8-11,13-14H2,(H,26,27). The maximum atomic E-state index is 13.7. The number of piperidine rings is 1. The third kappa shape index (κ3) is 6.46. The van der Waals surface area contributed by atoms with E-state index in [0.29, 0.717) is 18.4 Å². The van der Waals surface area contributed by atoms with Gasteiger partial charge in [0.25, 0.3) is 0 Å². The highest BCUT2D eigenvalue weighted by Crippen LogP contribution is 2.23. The first-order valence-electron chi connectivity index (χ1n) is 9.82. The van der Waals surface area contributed by atoms with Crippen LogP contribution in [-0.4, -0.2) is 48.9 Å². The average Bonchev–Trinajstić information content (AvgIpc) is 2.74. The first-order valence-corrected chi connectivity index (χ1v) is 11.4. The predicted octanol–water partition coefficient (Wildman–Crippen LogP) is 3.28. The molecule has 7 nitrogen and oxygen atoms in total. The molecule has 1 amide bonds. The van der Waals surface area contributed by atoms with E-state index in [9.17, 15) is 22.0 Å². The molecule has 1 aliphatic heterocycles. The number of carbonyl (C=O) groups is 1. The maximum absolute atomic E-state index is 13.7. The molecule has 1 fully saturated rings. The van der Waals surface area contributed by atoms with Gasteiger partial charge in [-0.05, 0) is 36.6 Å². The van der Waals surface area contributed by atoms with Crippen LogP contribution in [0.25, 0.3) is 0 Å². The number of hydrogen-bond donors (Lipinski definition) is 2. The molecular weight excluding hydrogens is 430 g/mol. The molecule has 2 aromatic carbocycles. The number of carboxylic acid groups (broad SMARTS) is 1. The molecular formula is C21H24F2N2O5S. The Kier molecular flexibility index (Phi) is 7.58. The van der Waals surface area contributed by atoms with Gasteiger partial charge in [0.05, 0.1) is 24.5 Å². The largest absolute Gasteiger partial charge is 0.465 e. The minimum absolute atomic E-state index is 0.0976. The van der Waals surface area contributed by atoms with Crippen LogP contribution >= 0.6 is 0 Å². The minimum atomic E-state index is -3.74. The lowest BCUT2D eigenvalue weighted by molar-refractivity contribution is 0.00889. The Balaban J connectivity index is 1.57. The summed E-state index contributed by atoms with van der Waals surface area (Å²) in [6.45, 7) is 0.306. The summed E-state index contributed by atoms with van der Waals surface area (Å²) in [6, 6.07) is 10.8. The SMILES string of the molecule is O=C(O)NC(CS(=O)(=O)N1CCC(OCc2cc(F)ccc2F)CC1)c1ccccc1. The normalized spacial score (nSPS) is 16.7. The molecule has 1 heterocycles. The number of nitrogens with one attached hydrogen (secondary N) is 1. The van der Waals surface area contributed by atoms with Crippen molar-refractivity contribution < 1.29 is 31.8 Å². The van der Waals surface area contributed by atoms with Gasteiger partial charge in [0.2, 0.25) is 10.0 Å². The number of halogens is 2. The van der Waals surface area contributed by atoms with Gasteiger partial charge in [0, 0.05) is 18.7 Å². The molecule has 0 bridgehead atoms. The van der Waals surface area contributed by atoms with E-state index in [1.165, 1.54) is 4.31 Å². The van der Waals surface area contributed by atoms with Gasteiger partial charge in [-0.1, -0.05) is 30.3 Å². The van der Waals surface area contributed by atoms with Crippen molar-refractivity contribution in [1.82, 2.24) is 9.62 Å². The van der Waals surface area contributed by atoms with Crippen LogP contribution in [0.2, 0.25) is 0 Å². The number of nitrogens with zero attached hydrogens (tertiary/aromatic N) is 1. The van der Waals surface area contributed by atoms with Crippen molar-refractivity contribution in [2.24, 2.45) is 0 Å². The first-order chi connectivity index (χ1) is 14.7. The molecule has 1 unspecified atom stereocenters. The molecule has 0 saturated carbocycles. The lowest BCUT2D eigenvalue weighted by Gasteiger charge is -2.32. The van der Waals surface area contributed by atoms with E-state index in [-0.39, 0.29) is 31.4 Å². The van der Waals surface area contributed by atoms with Gasteiger partial charge in [-0.2, -0.15) is 0 Å². The van der Waals surface area contributed by atoms with E-state index >= 15 is 0 Å². The quantitative estimate of drug-likeness (QED) is 0.638. The Morgan fingerprint density at radius 3 is 2.48 bits per heavy atom. The predicted molar refractivity (Wildman–Crippen MR) is 110 cm³/mol. The lowest BCUT2D eigenvalue weighted by Crippen LogP contribution is -2.44. The van der Waals surface area contributed by atoms with Crippen LogP contribution in [0.5, 0.6) is 0 Å². The van der Waals surface area contributed by atoms with Gasteiger partial charge in [0.1, 0.15) is 11.6 Å². The highest BCUT2D eigenvalue weighted by molar-refractivity contribution is 7.89. The van der Waals surface area contributed by atoms with E-state index in [2.05, 4.69) is 5.32 Å². The van der Waals surface area contributed by atoms with E-state index in [1.54, 1.807) is 30.3 Å². The molecule has 168 valence electrons. The Bertz CT molecular complexity index is 996. The van der Waals surface area contributed by atoms with Crippen LogP contribution in [0.4, 0.5) is 13.6 Å². The Morgan fingerprint density at radius 1 is 1.16 bits per heavy atom. The van der Waals surface area contributed by atoms with Crippen molar-refractivity contribution in [1.29, 1.82) is 0 Å². The summed E-state index contributed by atoms with van der Waals surface area (Å²) >= 11 is 0. The fraction of sp³-hybridized carbons (Fsp3) is 0.381. The van der Waals surface area contributed by atoms with Gasteiger partial charge in [0.15, 0.2) is 0 Å². The van der Waals surface area contributed by atoms with Crippen molar-refractivity contribution >= 4 is 16.1 Å². The molecule has 0 radical (unpaired) electrons. The maximum Gasteiger partial charge on any atom is 0.405 e. The lowest BCUT2D eigenvalue weighted by atomic mass is 10.1. The number of amides is 1. The van der Waals surface area contributed by atoms with E-state index in [1.807, 2.05) is 0 Å². The zero-order valence-corrected chi connectivity index (χ0v) is 17.5. The second-order valence-corrected chi connectivity index (χ2v) is 9.35. The van der Waals surface area contributed by atoms with Crippen LogP contribution in [0, 0.1) is 11.6 Å². The highest BCUT2D eigenvalue weighted by Gasteiger charge is 2.31. The van der Waals surface area contributed by atoms with Gasteiger partial charge in [-0.15, -0.1) is 0 Å². The number of benzene rings is 2. The number of hydrogen-bond acceptors (Lipinski definition) is 4. The molecule has 3 rings (SSSR count). The summed E-state index contributed by atoms with van der Waals surface area (Å²) in [5.41, 5.74) is 0.671. The summed E-state index contributed by atoms with van der Waals surface area (Å²) in [6.07, 6.45) is -0.784. The number of sulfonamides is 1. The molecule has 1 atom stereocenters. The van der Waals surface area contributed by atoms with Crippen molar-refractivity contribution in [3.8, 4) is 0 Å². The summed E-state index contributed by atoms with van der Waals surface area (Å²) < 4.78 is 59.7. The van der Waals surface area contributed by atoms with Crippen LogP contribution in [0.3, 0.4) is 0 Å². The molecule has 31 heavy (non-hydrogen) atoms. The first kappa shape index (κ1) is 23.1. The molecule has 10 heteroatoms. The second-order valence-electron chi connectivity index (χ2n) is 7.34. The van der Waals surface area contributed by atoms with Crippen molar-refractivity contribution in [3.63, 3.8) is 0 Å². The molecule has 2 N–H and O–H groups in total. The van der Waals surface area contributed by atoms with Gasteiger partial charge < -0.3 is 15.2 Å². The Morgan fingerprint density at radius 2 is 1.84 bits per heavy atom. The molecule has 0 aliphatic carbocycles. The van der Waals surface area contributed by atoms with E-state index in [4.69, 9.17) is 9.84 Å². The van der Waals surface area contributed by atoms with Crippen LogP contribution in [0.15, 0.2) is 48.5 Å². The summed E-state index contributed by atoms with van der Waals surface area (Å²) in [5.74, 6) is -1.51. The molecule has 0 spiro atoms. The summed E-state index contributed by atoms with van der Waals surface area (Å²) in [4.78, 5) is 11.1. The van der Waals surface area contributed by atoms with Crippen LogP contribution < -0.4 is 5.32 Å². The van der Waals surface area contributed by atoms with Gasteiger partial charge in [-0.25, -0.2) is 26.3 Å². The number of rotatable bonds is 8. The van der Waals surface area contributed by atoms with Crippen molar-refractivity contribution in [3.05, 3.63) is 71.3 Å². The van der Waals surface area contributed by atoms with E-state index < -0.39 is 39.5 Å². The Labute approximate surface area is 179 Å². The van der Waals surface area contributed by atoms with Crippen LogP contribution in [0.1, 0.15) is 30.0 Å². The third-order valence-electron chi connectivity index (χ3n) is 5.15. The zero-order chi connectivity index (χ0) is 22.4. The van der Waals surface area contributed by atoms with Crippen molar-refractivity contribution in [2.75, 3.05) is 18.8 Å². The monoisotopic (exact) mass is 454 g/mol. The van der Waals surface area contributed by atoms with Gasteiger partial charge >= 0.3 is 6.09 Å². The summed E-state index contributed by atoms with van der Waals surface area (Å²) in [7, 11) is -3.74. The third-order valence-corrected chi connectivity index (χ3v) is 7.06. The highest BCUT2D eigenvalue weighted by atomic mass is 32.2. The van der Waals surface area contributed by atoms with Crippen LogP contribution in [-0.2, 0) is 21.4 Å². The Hall–Kier alpha value is -2.56. The summed E-state index contributed by atoms with van der Waals surface area (Å²) in [5, 5.41) is 11.4. The fourth-order valence-electron chi connectivity index (χ4n) is 3.51. The molecule has 1 aliphatic rings. The fourth-order valence-corrected chi connectivity index (χ4v) is 5.19. The molecule has 1 saturated heterocycles. The van der Waals surface area contributed by atoms with Gasteiger partial charge in [-0.3, -0.25) is 0 Å². The average molecular weight is 454 g/mol. The zero-order valence-electron chi connectivity index (χ0n) is 16.7. The van der Waals surface area contributed by atoms with E-state index in [0.717, 1.165) is 18.2 Å². The smallest absolute Gasteiger partial charge is 0.405 e. The number of ether oxygens (including phenoxy) is 1.